The van der Waals surface area contributed by atoms with Gasteiger partial charge in [0.1, 0.15) is 0 Å². The molecule has 132 valence electrons. The zero-order valence-corrected chi connectivity index (χ0v) is 17.1. The van der Waals surface area contributed by atoms with E-state index in [1.54, 1.807) is 24.2 Å². The Balaban J connectivity index is 0.000000341. The molecule has 0 aromatic rings. The Labute approximate surface area is 161 Å². The molecule has 4 aliphatic rings. The van der Waals surface area contributed by atoms with Crippen molar-refractivity contribution in [1.82, 2.24) is 0 Å². The number of hydrogen-bond donors (Lipinski definition) is 0. The molecule has 4 atom stereocenters. The first-order chi connectivity index (χ1) is 10.7. The molecule has 0 nitrogen and oxygen atoms in total. The van der Waals surface area contributed by atoms with Crippen molar-refractivity contribution in [2.45, 2.75) is 39.5 Å². The van der Waals surface area contributed by atoms with Gasteiger partial charge in [-0.05, 0) is 11.8 Å². The van der Waals surface area contributed by atoms with Crippen LogP contribution in [0.3, 0.4) is 0 Å². The van der Waals surface area contributed by atoms with Gasteiger partial charge < -0.3 is 22.3 Å². The average molecular weight is 410 g/mol. The van der Waals surface area contributed by atoms with Gasteiger partial charge in [0.05, 0.1) is 0 Å². The number of allylic oxidation sites excluding steroid dienone is 8. The predicted octanol–water partition coefficient (Wildman–Crippen LogP) is -0.561. The van der Waals surface area contributed by atoms with Gasteiger partial charge in [0.2, 0.25) is 0 Å². The molecule has 0 spiro atoms. The van der Waals surface area contributed by atoms with Crippen molar-refractivity contribution in [3.63, 3.8) is 0 Å². The average Bonchev–Trinajstić information content (AvgIpc) is 3.16. The summed E-state index contributed by atoms with van der Waals surface area (Å²) in [6.45, 7) is 4.25. The number of rotatable bonds is 0. The molecule has 4 unspecified atom stereocenters. The molecule has 0 aromatic carbocycles. The fourth-order valence-corrected chi connectivity index (χ4v) is 3.39. The zero-order chi connectivity index (χ0) is 15.8. The normalized spacial score (nSPS) is 30.5. The van der Waals surface area contributed by atoms with Gasteiger partial charge in [0.15, 0.2) is 0 Å². The zero-order valence-electron chi connectivity index (χ0n) is 14.7. The molecule has 0 aliphatic heterocycles. The molecule has 0 heterocycles. The number of halogens is 2. The second-order valence-corrected chi connectivity index (χ2v) is 9.11. The third-order valence-electron chi connectivity index (χ3n) is 4.47. The van der Waals surface area contributed by atoms with Crippen LogP contribution in [0, 0.1) is 36.5 Å². The van der Waals surface area contributed by atoms with Crippen molar-refractivity contribution in [3.05, 3.63) is 61.4 Å². The molecule has 0 aromatic heterocycles. The predicted molar refractivity (Wildman–Crippen MR) is 93.9 cm³/mol. The Morgan fingerprint density at radius 3 is 1.42 bits per heavy atom. The summed E-state index contributed by atoms with van der Waals surface area (Å²) in [5, 5.41) is 0. The van der Waals surface area contributed by atoms with Crippen LogP contribution in [0.2, 0.25) is 0 Å². The summed E-state index contributed by atoms with van der Waals surface area (Å²) in [7, 11) is 0. The molecule has 3 heteroatoms. The number of hydrogen-bond acceptors (Lipinski definition) is 0. The number of fused-ring (bicyclic) bond motifs is 2. The van der Waals surface area contributed by atoms with Crippen molar-refractivity contribution in [2.75, 3.05) is 0 Å². The van der Waals surface area contributed by atoms with Crippen molar-refractivity contribution in [1.29, 1.82) is 0 Å². The minimum Gasteiger partial charge on any atom is -1.00 e. The van der Waals surface area contributed by atoms with Gasteiger partial charge >= 0.3 is 41.3 Å². The molecule has 0 bridgehead atoms. The van der Waals surface area contributed by atoms with E-state index in [0.717, 1.165) is 23.7 Å². The van der Waals surface area contributed by atoms with Gasteiger partial charge in [0, 0.05) is 0 Å². The van der Waals surface area contributed by atoms with Crippen LogP contribution >= 0.6 is 0 Å². The molecule has 0 amide bonds. The maximum Gasteiger partial charge on any atom is -1.00 e. The second kappa shape index (κ2) is 12.9. The quantitative estimate of drug-likeness (QED) is 0.471. The first kappa shape index (κ1) is 23.6. The summed E-state index contributed by atoms with van der Waals surface area (Å²) in [6, 6.07) is 0. The van der Waals surface area contributed by atoms with E-state index in [-0.39, 0.29) is 9.41 Å². The van der Waals surface area contributed by atoms with Crippen molar-refractivity contribution >= 4 is 3.21 Å². The van der Waals surface area contributed by atoms with Gasteiger partial charge in [-0.2, -0.15) is 12.8 Å². The summed E-state index contributed by atoms with van der Waals surface area (Å²) in [5.74, 6) is 3.23. The summed E-state index contributed by atoms with van der Waals surface area (Å²) >= 11 is 1.55. The summed E-state index contributed by atoms with van der Waals surface area (Å²) in [5.41, 5.74) is 0. The van der Waals surface area contributed by atoms with Crippen LogP contribution in [-0.2, 0) is 24.2 Å². The van der Waals surface area contributed by atoms with E-state index in [2.05, 4.69) is 75.3 Å². The maximum atomic E-state index is 2.42. The van der Waals surface area contributed by atoms with E-state index in [4.69, 9.17) is 0 Å². The van der Waals surface area contributed by atoms with Gasteiger partial charge in [-0.25, -0.2) is 0 Å². The minimum atomic E-state index is 0. The minimum absolute atomic E-state index is 0. The van der Waals surface area contributed by atoms with E-state index >= 15 is 0 Å². The van der Waals surface area contributed by atoms with Crippen molar-refractivity contribution < 1.29 is 33.6 Å². The van der Waals surface area contributed by atoms with Crippen LogP contribution in [0.5, 0.6) is 0 Å². The SMILES string of the molecule is C1=CC2[CH-]CCC2C=C1.C1=CC2[CH-]CCC2C=C1.C[C](C)=[Zr+2].[F-].[F-]. The fourth-order valence-electron chi connectivity index (χ4n) is 3.39. The largest absolute Gasteiger partial charge is 1.00 e. The van der Waals surface area contributed by atoms with Crippen molar-refractivity contribution in [2.24, 2.45) is 23.7 Å². The summed E-state index contributed by atoms with van der Waals surface area (Å²) in [6.07, 6.45) is 28.1. The summed E-state index contributed by atoms with van der Waals surface area (Å²) < 4.78 is 1.51. The van der Waals surface area contributed by atoms with Gasteiger partial charge in [-0.15, -0.1) is 24.0 Å². The standard InChI is InChI=1S/2C9H11.C3H6.2FH.Zr/c2*1-2-5-9-7-3-6-8(9)4-1;1-3-2;;;/h2*1-2,4-6,8-9H,3,7H2;1-2H3;2*1H;/q2*-1;;;;+2/p-2. The van der Waals surface area contributed by atoms with E-state index in [0.29, 0.717) is 0 Å². The Kier molecular flexibility index (Phi) is 12.6. The van der Waals surface area contributed by atoms with Crippen LogP contribution in [0.1, 0.15) is 39.5 Å². The topological polar surface area (TPSA) is 0 Å². The van der Waals surface area contributed by atoms with E-state index in [1.165, 1.54) is 28.9 Å². The fraction of sp³-hybridized carbons (Fsp3) is 0.476. The summed E-state index contributed by atoms with van der Waals surface area (Å²) in [4.78, 5) is 0. The van der Waals surface area contributed by atoms with E-state index in [1.807, 2.05) is 0 Å². The van der Waals surface area contributed by atoms with Crippen molar-refractivity contribution in [3.8, 4) is 0 Å². The molecule has 0 N–H and O–H groups in total. The molecule has 0 saturated heterocycles. The third kappa shape index (κ3) is 8.10. The van der Waals surface area contributed by atoms with E-state index in [9.17, 15) is 0 Å². The van der Waals surface area contributed by atoms with E-state index < -0.39 is 0 Å². The van der Waals surface area contributed by atoms with Crippen LogP contribution in [-0.4, -0.2) is 3.21 Å². The first-order valence-electron chi connectivity index (χ1n) is 8.55. The maximum absolute atomic E-state index is 2.42. The third-order valence-corrected chi connectivity index (χ3v) is 4.47. The Bertz CT molecular complexity index is 398. The van der Waals surface area contributed by atoms with Crippen LogP contribution in [0.4, 0.5) is 0 Å². The Morgan fingerprint density at radius 2 is 1.08 bits per heavy atom. The smallest absolute Gasteiger partial charge is 1.00 e. The molecular weight excluding hydrogens is 381 g/mol. The Hall–Kier alpha value is -0.427. The van der Waals surface area contributed by atoms with Gasteiger partial charge in [-0.3, -0.25) is 0 Å². The van der Waals surface area contributed by atoms with Gasteiger partial charge in [0.25, 0.3) is 0 Å². The molecule has 2 fully saturated rings. The molecule has 4 aliphatic carbocycles. The monoisotopic (exact) mass is 408 g/mol. The van der Waals surface area contributed by atoms with Crippen LogP contribution < -0.4 is 9.41 Å². The van der Waals surface area contributed by atoms with Crippen LogP contribution in [0.15, 0.2) is 48.6 Å². The molecule has 24 heavy (non-hydrogen) atoms. The first-order valence-corrected chi connectivity index (χ1v) is 9.78. The second-order valence-electron chi connectivity index (χ2n) is 6.65. The molecule has 4 rings (SSSR count). The molecular formula is C21H28F2Zr-2. The van der Waals surface area contributed by atoms with Crippen LogP contribution in [0.25, 0.3) is 0 Å². The molecule has 2 saturated carbocycles. The van der Waals surface area contributed by atoms with Gasteiger partial charge in [-0.1, -0.05) is 49.3 Å². The Morgan fingerprint density at radius 1 is 0.750 bits per heavy atom. The molecule has 0 radical (unpaired) electrons.